The maximum absolute atomic E-state index is 13.3. The normalized spacial score (nSPS) is 11.0. The molecule has 3 aromatic rings. The first-order valence-corrected chi connectivity index (χ1v) is 8.06. The standard InChI is InChI=1S/C21H20FNO/c1-14(2)20-15(3)23(18-7-5-4-6-8-18)21(19(20)13-24)16-9-11-17(22)12-10-16/h4-14H,1-3H3. The minimum absolute atomic E-state index is 0.217. The van der Waals surface area contributed by atoms with Crippen LogP contribution >= 0.6 is 0 Å². The molecule has 1 aromatic heterocycles. The summed E-state index contributed by atoms with van der Waals surface area (Å²) in [5, 5.41) is 0. The maximum Gasteiger partial charge on any atom is 0.152 e. The number of carbonyl (C=O) groups excluding carboxylic acids is 1. The summed E-state index contributed by atoms with van der Waals surface area (Å²) in [7, 11) is 0. The topological polar surface area (TPSA) is 22.0 Å². The monoisotopic (exact) mass is 321 g/mol. The Morgan fingerprint density at radius 3 is 2.17 bits per heavy atom. The fourth-order valence-electron chi connectivity index (χ4n) is 3.37. The third-order valence-corrected chi connectivity index (χ3v) is 4.32. The molecular formula is C21H20FNO. The van der Waals surface area contributed by atoms with Crippen LogP contribution in [0.25, 0.3) is 16.9 Å². The molecule has 0 aliphatic rings. The molecule has 0 aliphatic carbocycles. The molecule has 0 unspecified atom stereocenters. The van der Waals surface area contributed by atoms with Crippen LogP contribution in [0.3, 0.4) is 0 Å². The van der Waals surface area contributed by atoms with Gasteiger partial charge in [0.2, 0.25) is 0 Å². The number of hydrogen-bond donors (Lipinski definition) is 0. The van der Waals surface area contributed by atoms with Crippen molar-refractivity contribution in [2.45, 2.75) is 26.7 Å². The van der Waals surface area contributed by atoms with E-state index in [1.807, 2.05) is 37.3 Å². The number of nitrogens with zero attached hydrogens (tertiary/aromatic N) is 1. The van der Waals surface area contributed by atoms with Crippen molar-refractivity contribution in [1.82, 2.24) is 4.57 Å². The third kappa shape index (κ3) is 2.67. The lowest BCUT2D eigenvalue weighted by Gasteiger charge is -2.13. The van der Waals surface area contributed by atoms with E-state index in [-0.39, 0.29) is 11.7 Å². The van der Waals surface area contributed by atoms with Crippen molar-refractivity contribution in [3.05, 3.63) is 77.2 Å². The third-order valence-electron chi connectivity index (χ3n) is 4.32. The Bertz CT molecular complexity index is 861. The first kappa shape index (κ1) is 16.2. The van der Waals surface area contributed by atoms with Crippen molar-refractivity contribution in [2.75, 3.05) is 0 Å². The van der Waals surface area contributed by atoms with Crippen LogP contribution < -0.4 is 0 Å². The van der Waals surface area contributed by atoms with Crippen molar-refractivity contribution in [3.63, 3.8) is 0 Å². The van der Waals surface area contributed by atoms with Gasteiger partial charge in [-0.1, -0.05) is 32.0 Å². The summed E-state index contributed by atoms with van der Waals surface area (Å²) < 4.78 is 15.4. The van der Waals surface area contributed by atoms with Crippen LogP contribution in [-0.2, 0) is 0 Å². The molecule has 3 rings (SSSR count). The molecule has 3 heteroatoms. The molecule has 0 N–H and O–H groups in total. The van der Waals surface area contributed by atoms with E-state index in [2.05, 4.69) is 18.4 Å². The van der Waals surface area contributed by atoms with Crippen molar-refractivity contribution >= 4 is 6.29 Å². The van der Waals surface area contributed by atoms with E-state index >= 15 is 0 Å². The predicted molar refractivity (Wildman–Crippen MR) is 95.4 cm³/mol. The molecule has 0 saturated heterocycles. The molecule has 2 aromatic carbocycles. The van der Waals surface area contributed by atoms with E-state index in [9.17, 15) is 9.18 Å². The Hall–Kier alpha value is -2.68. The minimum Gasteiger partial charge on any atom is -0.313 e. The summed E-state index contributed by atoms with van der Waals surface area (Å²) in [6, 6.07) is 16.2. The van der Waals surface area contributed by atoms with Crippen LogP contribution in [0.5, 0.6) is 0 Å². The average Bonchev–Trinajstić information content (AvgIpc) is 2.89. The quantitative estimate of drug-likeness (QED) is 0.579. The van der Waals surface area contributed by atoms with Gasteiger partial charge in [-0.25, -0.2) is 4.39 Å². The Morgan fingerprint density at radius 1 is 1.00 bits per heavy atom. The summed E-state index contributed by atoms with van der Waals surface area (Å²) in [6.07, 6.45) is 0.917. The molecule has 0 radical (unpaired) electrons. The van der Waals surface area contributed by atoms with Crippen LogP contribution in [0, 0.1) is 12.7 Å². The molecular weight excluding hydrogens is 301 g/mol. The Labute approximate surface area is 141 Å². The second-order valence-electron chi connectivity index (χ2n) is 6.21. The highest BCUT2D eigenvalue weighted by atomic mass is 19.1. The number of rotatable bonds is 4. The van der Waals surface area contributed by atoms with E-state index < -0.39 is 0 Å². The molecule has 24 heavy (non-hydrogen) atoms. The minimum atomic E-state index is -0.287. The molecule has 0 amide bonds. The van der Waals surface area contributed by atoms with Gasteiger partial charge in [-0.15, -0.1) is 0 Å². The van der Waals surface area contributed by atoms with Crippen molar-refractivity contribution in [3.8, 4) is 16.9 Å². The molecule has 0 atom stereocenters. The van der Waals surface area contributed by atoms with Gasteiger partial charge in [0.25, 0.3) is 0 Å². The van der Waals surface area contributed by atoms with Crippen molar-refractivity contribution in [1.29, 1.82) is 0 Å². The number of aromatic nitrogens is 1. The van der Waals surface area contributed by atoms with E-state index in [1.165, 1.54) is 12.1 Å². The maximum atomic E-state index is 13.3. The van der Waals surface area contributed by atoms with Crippen molar-refractivity contribution in [2.24, 2.45) is 0 Å². The lowest BCUT2D eigenvalue weighted by atomic mass is 9.97. The van der Waals surface area contributed by atoms with Crippen LogP contribution in [0.1, 0.15) is 41.4 Å². The number of para-hydroxylation sites is 1. The highest BCUT2D eigenvalue weighted by Gasteiger charge is 2.23. The molecule has 0 spiro atoms. The average molecular weight is 321 g/mol. The van der Waals surface area contributed by atoms with Gasteiger partial charge in [0.1, 0.15) is 5.82 Å². The molecule has 122 valence electrons. The summed E-state index contributed by atoms with van der Waals surface area (Å²) in [6.45, 7) is 6.20. The Morgan fingerprint density at radius 2 is 1.62 bits per heavy atom. The van der Waals surface area contributed by atoms with Gasteiger partial charge in [0.05, 0.1) is 5.69 Å². The zero-order chi connectivity index (χ0) is 17.3. The molecule has 0 saturated carbocycles. The van der Waals surface area contributed by atoms with Gasteiger partial charge in [0.15, 0.2) is 6.29 Å². The van der Waals surface area contributed by atoms with Crippen LogP contribution in [0.4, 0.5) is 4.39 Å². The Balaban J connectivity index is 2.39. The van der Waals surface area contributed by atoms with Gasteiger partial charge in [0, 0.05) is 16.9 Å². The fraction of sp³-hybridized carbons (Fsp3) is 0.190. The summed E-state index contributed by atoms with van der Waals surface area (Å²) >= 11 is 0. The summed E-state index contributed by atoms with van der Waals surface area (Å²) in [5.74, 6) is -0.0700. The Kier molecular flexibility index (Phi) is 4.34. The predicted octanol–water partition coefficient (Wildman–Crippen LogP) is 5.53. The van der Waals surface area contributed by atoms with E-state index in [4.69, 9.17) is 0 Å². The number of carbonyl (C=O) groups is 1. The van der Waals surface area contributed by atoms with E-state index in [1.54, 1.807) is 12.1 Å². The lowest BCUT2D eigenvalue weighted by Crippen LogP contribution is -2.00. The van der Waals surface area contributed by atoms with Crippen LogP contribution in [0.15, 0.2) is 54.6 Å². The number of benzene rings is 2. The molecule has 2 nitrogen and oxygen atoms in total. The van der Waals surface area contributed by atoms with Crippen molar-refractivity contribution < 1.29 is 9.18 Å². The molecule has 1 heterocycles. The molecule has 0 aliphatic heterocycles. The smallest absolute Gasteiger partial charge is 0.152 e. The summed E-state index contributed by atoms with van der Waals surface area (Å²) in [5.41, 5.74) is 5.39. The van der Waals surface area contributed by atoms with Gasteiger partial charge in [-0.2, -0.15) is 0 Å². The van der Waals surface area contributed by atoms with E-state index in [0.29, 0.717) is 5.56 Å². The largest absolute Gasteiger partial charge is 0.313 e. The summed E-state index contributed by atoms with van der Waals surface area (Å²) in [4.78, 5) is 11.9. The highest BCUT2D eigenvalue weighted by molar-refractivity contribution is 5.90. The fourth-order valence-corrected chi connectivity index (χ4v) is 3.37. The SMILES string of the molecule is Cc1c(C(C)C)c(C=O)c(-c2ccc(F)cc2)n1-c1ccccc1. The van der Waals surface area contributed by atoms with Gasteiger partial charge < -0.3 is 4.57 Å². The number of hydrogen-bond acceptors (Lipinski definition) is 1. The second kappa shape index (κ2) is 6.44. The zero-order valence-electron chi connectivity index (χ0n) is 14.1. The lowest BCUT2D eigenvalue weighted by molar-refractivity contribution is 0.112. The van der Waals surface area contributed by atoms with Gasteiger partial charge in [-0.3, -0.25) is 4.79 Å². The second-order valence-corrected chi connectivity index (χ2v) is 6.21. The first-order valence-electron chi connectivity index (χ1n) is 8.06. The van der Waals surface area contributed by atoms with Gasteiger partial charge >= 0.3 is 0 Å². The number of aldehydes is 1. The van der Waals surface area contributed by atoms with E-state index in [0.717, 1.165) is 34.5 Å². The first-order chi connectivity index (χ1) is 11.5. The van der Waals surface area contributed by atoms with Crippen LogP contribution in [0.2, 0.25) is 0 Å². The highest BCUT2D eigenvalue weighted by Crippen LogP contribution is 2.36. The molecule has 0 bridgehead atoms. The van der Waals surface area contributed by atoms with Crippen LogP contribution in [-0.4, -0.2) is 10.9 Å². The zero-order valence-corrected chi connectivity index (χ0v) is 14.1. The number of halogens is 1. The van der Waals surface area contributed by atoms with Gasteiger partial charge in [-0.05, 0) is 60.4 Å². The molecule has 0 fully saturated rings.